The molecule has 2 rings (SSSR count). The van der Waals surface area contributed by atoms with Gasteiger partial charge >= 0.3 is 5.97 Å². The molecule has 2 aromatic rings. The molecular formula is C13H10ClNO4. The third kappa shape index (κ3) is 2.95. The summed E-state index contributed by atoms with van der Waals surface area (Å²) < 4.78 is 4.89. The summed E-state index contributed by atoms with van der Waals surface area (Å²) in [5.41, 5.74) is 1.40. The highest BCUT2D eigenvalue weighted by Crippen LogP contribution is 2.20. The van der Waals surface area contributed by atoms with Crippen molar-refractivity contribution in [3.05, 3.63) is 52.4 Å². The largest absolute Gasteiger partial charge is 0.475 e. The van der Waals surface area contributed by atoms with Crippen molar-refractivity contribution in [2.24, 2.45) is 0 Å². The van der Waals surface area contributed by atoms with Gasteiger partial charge in [-0.3, -0.25) is 4.79 Å². The Kier molecular flexibility index (Phi) is 3.57. The van der Waals surface area contributed by atoms with Crippen molar-refractivity contribution in [2.75, 3.05) is 5.32 Å². The monoisotopic (exact) mass is 279 g/mol. The molecule has 2 N–H and O–H groups in total. The second-order valence-corrected chi connectivity index (χ2v) is 4.29. The van der Waals surface area contributed by atoms with Gasteiger partial charge in [-0.15, -0.1) is 0 Å². The number of nitrogens with one attached hydrogen (secondary N) is 1. The Balaban J connectivity index is 2.15. The van der Waals surface area contributed by atoms with Crippen molar-refractivity contribution >= 4 is 29.2 Å². The summed E-state index contributed by atoms with van der Waals surface area (Å²) >= 11 is 5.94. The molecule has 1 heterocycles. The van der Waals surface area contributed by atoms with Gasteiger partial charge in [0.25, 0.3) is 5.91 Å². The van der Waals surface area contributed by atoms with Gasteiger partial charge in [0, 0.05) is 10.7 Å². The van der Waals surface area contributed by atoms with Crippen LogP contribution in [-0.4, -0.2) is 17.0 Å². The van der Waals surface area contributed by atoms with E-state index in [1.807, 2.05) is 6.92 Å². The Morgan fingerprint density at radius 1 is 1.21 bits per heavy atom. The number of benzene rings is 1. The summed E-state index contributed by atoms with van der Waals surface area (Å²) in [6.45, 7) is 1.85. The lowest BCUT2D eigenvalue weighted by Crippen LogP contribution is -2.11. The lowest BCUT2D eigenvalue weighted by molar-refractivity contribution is 0.0660. The van der Waals surface area contributed by atoms with Crippen LogP contribution in [0, 0.1) is 6.92 Å². The molecule has 1 aromatic carbocycles. The third-order valence-electron chi connectivity index (χ3n) is 2.47. The molecule has 19 heavy (non-hydrogen) atoms. The lowest BCUT2D eigenvalue weighted by atomic mass is 10.2. The molecule has 0 aliphatic rings. The topological polar surface area (TPSA) is 79.5 Å². The minimum absolute atomic E-state index is 0.0749. The van der Waals surface area contributed by atoms with Crippen molar-refractivity contribution in [3.8, 4) is 0 Å². The average molecular weight is 280 g/mol. The molecule has 0 atom stereocenters. The van der Waals surface area contributed by atoms with E-state index in [4.69, 9.17) is 21.1 Å². The van der Waals surface area contributed by atoms with E-state index in [0.717, 1.165) is 5.56 Å². The molecule has 0 radical (unpaired) electrons. The second kappa shape index (κ2) is 5.16. The number of carbonyl (C=O) groups is 2. The van der Waals surface area contributed by atoms with Crippen LogP contribution in [0.4, 0.5) is 5.69 Å². The maximum atomic E-state index is 11.8. The Labute approximate surface area is 113 Å². The molecule has 0 saturated heterocycles. The first-order valence-electron chi connectivity index (χ1n) is 5.38. The van der Waals surface area contributed by atoms with E-state index < -0.39 is 11.9 Å². The predicted molar refractivity (Wildman–Crippen MR) is 69.8 cm³/mol. The number of furan rings is 1. The molecule has 98 valence electrons. The number of aryl methyl sites for hydroxylation is 1. The minimum atomic E-state index is -1.22. The van der Waals surface area contributed by atoms with Gasteiger partial charge in [-0.25, -0.2) is 4.79 Å². The predicted octanol–water partition coefficient (Wildman–Crippen LogP) is 3.19. The molecule has 0 bridgehead atoms. The standard InChI is InChI=1S/C13H10ClNO4/c1-7-2-3-8(6-9(7)14)15-12(16)10-4-5-11(19-10)13(17)18/h2-6H,1H3,(H,15,16)(H,17,18). The van der Waals surface area contributed by atoms with Crippen molar-refractivity contribution in [3.63, 3.8) is 0 Å². The number of aromatic carboxylic acids is 1. The third-order valence-corrected chi connectivity index (χ3v) is 2.88. The highest BCUT2D eigenvalue weighted by Gasteiger charge is 2.15. The normalized spacial score (nSPS) is 10.2. The van der Waals surface area contributed by atoms with Crippen LogP contribution < -0.4 is 5.32 Å². The van der Waals surface area contributed by atoms with E-state index in [-0.39, 0.29) is 11.5 Å². The zero-order valence-corrected chi connectivity index (χ0v) is 10.7. The Morgan fingerprint density at radius 2 is 1.89 bits per heavy atom. The molecule has 5 nitrogen and oxygen atoms in total. The summed E-state index contributed by atoms with van der Waals surface area (Å²) in [6, 6.07) is 7.59. The van der Waals surface area contributed by atoms with E-state index in [1.54, 1.807) is 18.2 Å². The first-order chi connectivity index (χ1) is 8.97. The highest BCUT2D eigenvalue weighted by molar-refractivity contribution is 6.31. The summed E-state index contributed by atoms with van der Waals surface area (Å²) in [5, 5.41) is 11.8. The number of amides is 1. The fourth-order valence-electron chi connectivity index (χ4n) is 1.44. The lowest BCUT2D eigenvalue weighted by Gasteiger charge is -2.05. The van der Waals surface area contributed by atoms with Crippen molar-refractivity contribution in [1.82, 2.24) is 0 Å². The number of carboxylic acids is 1. The van der Waals surface area contributed by atoms with Crippen LogP contribution in [0.5, 0.6) is 0 Å². The molecule has 6 heteroatoms. The van der Waals surface area contributed by atoms with E-state index >= 15 is 0 Å². The second-order valence-electron chi connectivity index (χ2n) is 3.89. The van der Waals surface area contributed by atoms with Crippen molar-refractivity contribution in [2.45, 2.75) is 6.92 Å². The molecule has 0 saturated carbocycles. The van der Waals surface area contributed by atoms with Crippen LogP contribution in [0.3, 0.4) is 0 Å². The molecule has 0 aliphatic carbocycles. The van der Waals surface area contributed by atoms with Crippen molar-refractivity contribution in [1.29, 1.82) is 0 Å². The van der Waals surface area contributed by atoms with Gasteiger partial charge in [-0.2, -0.15) is 0 Å². The quantitative estimate of drug-likeness (QED) is 0.904. The number of hydrogen-bond donors (Lipinski definition) is 2. The molecule has 0 unspecified atom stereocenters. The van der Waals surface area contributed by atoms with Crippen LogP contribution in [0.1, 0.15) is 26.7 Å². The summed E-state index contributed by atoms with van der Waals surface area (Å²) in [4.78, 5) is 22.4. The molecule has 1 amide bonds. The van der Waals surface area contributed by atoms with E-state index in [9.17, 15) is 9.59 Å². The van der Waals surface area contributed by atoms with Gasteiger partial charge in [-0.1, -0.05) is 17.7 Å². The smallest absolute Gasteiger partial charge is 0.371 e. The SMILES string of the molecule is Cc1ccc(NC(=O)c2ccc(C(=O)O)o2)cc1Cl. The number of carboxylic acid groups (broad SMARTS) is 1. The van der Waals surface area contributed by atoms with Gasteiger partial charge in [0.15, 0.2) is 5.76 Å². The average Bonchev–Trinajstić information content (AvgIpc) is 2.83. The molecule has 0 aliphatic heterocycles. The molecule has 0 spiro atoms. The Hall–Kier alpha value is -2.27. The Morgan fingerprint density at radius 3 is 2.47 bits per heavy atom. The van der Waals surface area contributed by atoms with E-state index in [2.05, 4.69) is 5.32 Å². The Bertz CT molecular complexity index is 648. The minimum Gasteiger partial charge on any atom is -0.475 e. The molecule has 0 fully saturated rings. The molecular weight excluding hydrogens is 270 g/mol. The summed E-state index contributed by atoms with van der Waals surface area (Å²) in [5.74, 6) is -2.12. The van der Waals surface area contributed by atoms with Crippen LogP contribution in [-0.2, 0) is 0 Å². The van der Waals surface area contributed by atoms with Gasteiger partial charge in [-0.05, 0) is 36.8 Å². The first-order valence-corrected chi connectivity index (χ1v) is 5.76. The van der Waals surface area contributed by atoms with Crippen LogP contribution in [0.25, 0.3) is 0 Å². The fraction of sp³-hybridized carbons (Fsp3) is 0.0769. The zero-order valence-electron chi connectivity index (χ0n) is 9.94. The van der Waals surface area contributed by atoms with Crippen LogP contribution >= 0.6 is 11.6 Å². The maximum absolute atomic E-state index is 11.8. The van der Waals surface area contributed by atoms with Gasteiger partial charge in [0.2, 0.25) is 5.76 Å². The number of halogens is 1. The van der Waals surface area contributed by atoms with Crippen molar-refractivity contribution < 1.29 is 19.1 Å². The summed E-state index contributed by atoms with van der Waals surface area (Å²) in [7, 11) is 0. The number of anilines is 1. The van der Waals surface area contributed by atoms with Crippen LogP contribution in [0.15, 0.2) is 34.7 Å². The van der Waals surface area contributed by atoms with Gasteiger partial charge in [0.05, 0.1) is 0 Å². The maximum Gasteiger partial charge on any atom is 0.371 e. The van der Waals surface area contributed by atoms with E-state index in [1.165, 1.54) is 12.1 Å². The van der Waals surface area contributed by atoms with Gasteiger partial charge in [0.1, 0.15) is 0 Å². The zero-order chi connectivity index (χ0) is 14.0. The fourth-order valence-corrected chi connectivity index (χ4v) is 1.62. The number of rotatable bonds is 3. The van der Waals surface area contributed by atoms with Crippen LogP contribution in [0.2, 0.25) is 5.02 Å². The molecule has 1 aromatic heterocycles. The highest BCUT2D eigenvalue weighted by atomic mass is 35.5. The van der Waals surface area contributed by atoms with Gasteiger partial charge < -0.3 is 14.8 Å². The summed E-state index contributed by atoms with van der Waals surface area (Å²) in [6.07, 6.45) is 0. The first kappa shape index (κ1) is 13.2. The number of carbonyl (C=O) groups excluding carboxylic acids is 1. The number of hydrogen-bond acceptors (Lipinski definition) is 3. The van der Waals surface area contributed by atoms with E-state index in [0.29, 0.717) is 10.7 Å².